The molecule has 3 N–H and O–H groups in total. The molecule has 1 heterocycles. The Kier molecular flexibility index (Phi) is 7.38. The van der Waals surface area contributed by atoms with Crippen LogP contribution in [0.25, 0.3) is 0 Å². The van der Waals surface area contributed by atoms with E-state index >= 15 is 0 Å². The van der Waals surface area contributed by atoms with Crippen LogP contribution in [0.5, 0.6) is 0 Å². The Hall–Kier alpha value is -1.96. The number of thioether (sulfide) groups is 1. The van der Waals surface area contributed by atoms with Crippen LogP contribution >= 0.6 is 11.8 Å². The molecule has 2 amide bonds. The summed E-state index contributed by atoms with van der Waals surface area (Å²) >= 11 is 1.51. The maximum absolute atomic E-state index is 11.6. The number of carbonyl (C=O) groups excluding carboxylic acids is 2. The molecule has 1 rings (SSSR count). The van der Waals surface area contributed by atoms with Crippen molar-refractivity contribution in [1.29, 1.82) is 0 Å². The van der Waals surface area contributed by atoms with Crippen molar-refractivity contribution < 1.29 is 23.9 Å². The average Bonchev–Trinajstić information content (AvgIpc) is 2.97. The fraction of sp³-hybridized carbons (Fsp3) is 0.462. The summed E-state index contributed by atoms with van der Waals surface area (Å²) in [5.41, 5.74) is 0. The Labute approximate surface area is 126 Å². The van der Waals surface area contributed by atoms with Crippen molar-refractivity contribution in [1.82, 2.24) is 10.6 Å². The van der Waals surface area contributed by atoms with E-state index in [4.69, 9.17) is 9.52 Å². The van der Waals surface area contributed by atoms with Gasteiger partial charge in [0.05, 0.1) is 6.26 Å². The van der Waals surface area contributed by atoms with Gasteiger partial charge in [-0.15, -0.1) is 0 Å². The summed E-state index contributed by atoms with van der Waals surface area (Å²) < 4.78 is 4.90. The van der Waals surface area contributed by atoms with E-state index in [1.165, 1.54) is 24.1 Å². The predicted octanol–water partition coefficient (Wildman–Crippen LogP) is 0.722. The molecule has 8 heteroatoms. The van der Waals surface area contributed by atoms with Gasteiger partial charge in [0.1, 0.15) is 6.04 Å². The van der Waals surface area contributed by atoms with Gasteiger partial charge in [0.2, 0.25) is 5.91 Å². The van der Waals surface area contributed by atoms with Crippen LogP contribution in [0, 0.1) is 0 Å². The number of amides is 2. The van der Waals surface area contributed by atoms with Gasteiger partial charge in [-0.1, -0.05) is 0 Å². The zero-order chi connectivity index (χ0) is 15.7. The lowest BCUT2D eigenvalue weighted by Gasteiger charge is -2.13. The highest BCUT2D eigenvalue weighted by molar-refractivity contribution is 7.98. The number of rotatable bonds is 9. The fourth-order valence-corrected chi connectivity index (χ4v) is 2.02. The second kappa shape index (κ2) is 9.06. The molecule has 1 atom stereocenters. The minimum atomic E-state index is -1.06. The Morgan fingerprint density at radius 2 is 2.19 bits per heavy atom. The van der Waals surface area contributed by atoms with Gasteiger partial charge < -0.3 is 20.2 Å². The van der Waals surface area contributed by atoms with Gasteiger partial charge in [0.25, 0.3) is 5.91 Å². The first kappa shape index (κ1) is 17.1. The summed E-state index contributed by atoms with van der Waals surface area (Å²) in [5, 5.41) is 13.9. The smallest absolute Gasteiger partial charge is 0.326 e. The van der Waals surface area contributed by atoms with E-state index in [-0.39, 0.29) is 18.7 Å². The van der Waals surface area contributed by atoms with Gasteiger partial charge in [-0.25, -0.2) is 4.79 Å². The van der Waals surface area contributed by atoms with Crippen LogP contribution in [-0.2, 0) is 9.59 Å². The van der Waals surface area contributed by atoms with Gasteiger partial charge in [-0.05, 0) is 30.6 Å². The quantitative estimate of drug-likeness (QED) is 0.620. The van der Waals surface area contributed by atoms with Crippen LogP contribution in [0.3, 0.4) is 0 Å². The third-order valence-electron chi connectivity index (χ3n) is 2.63. The second-order valence-corrected chi connectivity index (χ2v) is 5.21. The molecule has 7 nitrogen and oxygen atoms in total. The molecule has 0 saturated carbocycles. The van der Waals surface area contributed by atoms with E-state index in [1.807, 2.05) is 6.26 Å². The molecule has 116 valence electrons. The number of aliphatic carboxylic acids is 1. The molecular weight excluding hydrogens is 296 g/mol. The van der Waals surface area contributed by atoms with Crippen molar-refractivity contribution >= 4 is 29.5 Å². The molecule has 0 saturated heterocycles. The molecule has 1 aromatic rings. The van der Waals surface area contributed by atoms with E-state index in [1.54, 1.807) is 6.07 Å². The zero-order valence-corrected chi connectivity index (χ0v) is 12.4. The number of hydrogen-bond donors (Lipinski definition) is 3. The van der Waals surface area contributed by atoms with Crippen molar-refractivity contribution in [2.45, 2.75) is 18.9 Å². The Bertz CT molecular complexity index is 475. The number of carbonyl (C=O) groups is 3. The molecule has 0 spiro atoms. The minimum absolute atomic E-state index is 0.00942. The van der Waals surface area contributed by atoms with E-state index in [9.17, 15) is 14.4 Å². The predicted molar refractivity (Wildman–Crippen MR) is 78.2 cm³/mol. The van der Waals surface area contributed by atoms with Crippen molar-refractivity contribution in [3.63, 3.8) is 0 Å². The van der Waals surface area contributed by atoms with Crippen LogP contribution in [0.4, 0.5) is 0 Å². The minimum Gasteiger partial charge on any atom is -0.480 e. The molecule has 0 aliphatic carbocycles. The lowest BCUT2D eigenvalue weighted by Crippen LogP contribution is -2.42. The van der Waals surface area contributed by atoms with Gasteiger partial charge in [-0.2, -0.15) is 11.8 Å². The van der Waals surface area contributed by atoms with E-state index in [0.717, 1.165) is 0 Å². The Morgan fingerprint density at radius 3 is 2.76 bits per heavy atom. The molecule has 0 aliphatic rings. The lowest BCUT2D eigenvalue weighted by atomic mass is 10.2. The van der Waals surface area contributed by atoms with Crippen LogP contribution < -0.4 is 10.6 Å². The summed E-state index contributed by atoms with van der Waals surface area (Å²) in [6.45, 7) is 0.111. The summed E-state index contributed by atoms with van der Waals surface area (Å²) in [6.07, 6.45) is 3.62. The highest BCUT2D eigenvalue weighted by Gasteiger charge is 2.19. The highest BCUT2D eigenvalue weighted by atomic mass is 32.2. The monoisotopic (exact) mass is 314 g/mol. The standard InChI is InChI=1S/C13H18N2O5S/c1-21-8-5-9(13(18)19)15-11(16)4-6-14-12(17)10-3-2-7-20-10/h2-3,7,9H,4-6,8H2,1H3,(H,14,17)(H,15,16)(H,18,19)/t9-/m1/s1. The molecule has 0 fully saturated rings. The first-order valence-corrected chi connectivity index (χ1v) is 7.76. The van der Waals surface area contributed by atoms with Crippen LogP contribution in [0.2, 0.25) is 0 Å². The molecule has 0 unspecified atom stereocenters. The molecule has 0 radical (unpaired) electrons. The maximum atomic E-state index is 11.6. The molecule has 0 aromatic carbocycles. The Balaban J connectivity index is 2.29. The van der Waals surface area contributed by atoms with Crippen LogP contribution in [0.1, 0.15) is 23.4 Å². The van der Waals surface area contributed by atoms with Gasteiger partial charge in [-0.3, -0.25) is 9.59 Å². The molecule has 0 aliphatic heterocycles. The maximum Gasteiger partial charge on any atom is 0.326 e. The molecule has 21 heavy (non-hydrogen) atoms. The summed E-state index contributed by atoms with van der Waals surface area (Å²) in [4.78, 5) is 34.1. The van der Waals surface area contributed by atoms with Gasteiger partial charge in [0.15, 0.2) is 5.76 Å². The van der Waals surface area contributed by atoms with E-state index < -0.39 is 23.8 Å². The third-order valence-corrected chi connectivity index (χ3v) is 3.27. The van der Waals surface area contributed by atoms with E-state index in [0.29, 0.717) is 12.2 Å². The normalized spacial score (nSPS) is 11.7. The van der Waals surface area contributed by atoms with Crippen molar-refractivity contribution in [2.75, 3.05) is 18.6 Å². The highest BCUT2D eigenvalue weighted by Crippen LogP contribution is 2.02. The SMILES string of the molecule is CSCC[C@@H](NC(=O)CCNC(=O)c1ccco1)C(=O)O. The summed E-state index contributed by atoms with van der Waals surface area (Å²) in [5.74, 6) is -1.07. The summed E-state index contributed by atoms with van der Waals surface area (Å²) in [7, 11) is 0. The molecule has 1 aromatic heterocycles. The molecule has 0 bridgehead atoms. The first-order valence-electron chi connectivity index (χ1n) is 6.37. The van der Waals surface area contributed by atoms with Crippen LogP contribution in [-0.4, -0.2) is 47.5 Å². The Morgan fingerprint density at radius 1 is 1.43 bits per heavy atom. The van der Waals surface area contributed by atoms with Crippen molar-refractivity contribution in [2.24, 2.45) is 0 Å². The number of nitrogens with one attached hydrogen (secondary N) is 2. The van der Waals surface area contributed by atoms with Gasteiger partial charge >= 0.3 is 5.97 Å². The number of carboxylic acid groups (broad SMARTS) is 1. The first-order chi connectivity index (χ1) is 10.0. The topological polar surface area (TPSA) is 109 Å². The lowest BCUT2D eigenvalue weighted by molar-refractivity contribution is -0.141. The number of hydrogen-bond acceptors (Lipinski definition) is 5. The van der Waals surface area contributed by atoms with E-state index in [2.05, 4.69) is 10.6 Å². The number of furan rings is 1. The number of carboxylic acids is 1. The largest absolute Gasteiger partial charge is 0.480 e. The molecular formula is C13H18N2O5S. The van der Waals surface area contributed by atoms with Crippen molar-refractivity contribution in [3.8, 4) is 0 Å². The van der Waals surface area contributed by atoms with Gasteiger partial charge in [0, 0.05) is 13.0 Å². The third kappa shape index (κ3) is 6.35. The fourth-order valence-electron chi connectivity index (χ4n) is 1.54. The van der Waals surface area contributed by atoms with Crippen LogP contribution in [0.15, 0.2) is 22.8 Å². The van der Waals surface area contributed by atoms with Crippen molar-refractivity contribution in [3.05, 3.63) is 24.2 Å². The average molecular weight is 314 g/mol. The summed E-state index contributed by atoms with van der Waals surface area (Å²) in [6, 6.07) is 2.20. The second-order valence-electron chi connectivity index (χ2n) is 4.22. The zero-order valence-electron chi connectivity index (χ0n) is 11.6.